The molecule has 2 fully saturated rings. The normalized spacial score (nSPS) is 28.8. The van der Waals surface area contributed by atoms with Crippen LogP contribution < -0.4 is 5.32 Å². The molecular formula is C13H15ClN2O3. The van der Waals surface area contributed by atoms with Gasteiger partial charge in [0.25, 0.3) is 5.69 Å². The number of ether oxygens (including phenoxy) is 1. The molecule has 3 rings (SSSR count). The van der Waals surface area contributed by atoms with Gasteiger partial charge in [-0.05, 0) is 25.3 Å². The molecule has 0 amide bonds. The molecule has 2 aliphatic rings. The zero-order valence-corrected chi connectivity index (χ0v) is 11.1. The van der Waals surface area contributed by atoms with Crippen LogP contribution in [0.1, 0.15) is 24.8 Å². The van der Waals surface area contributed by atoms with Crippen molar-refractivity contribution in [1.29, 1.82) is 0 Å². The highest BCUT2D eigenvalue weighted by atomic mass is 35.5. The van der Waals surface area contributed by atoms with Crippen molar-refractivity contribution in [1.82, 2.24) is 5.32 Å². The molecule has 0 saturated carbocycles. The van der Waals surface area contributed by atoms with Crippen molar-refractivity contribution < 1.29 is 9.66 Å². The fourth-order valence-electron chi connectivity index (χ4n) is 2.98. The molecule has 6 heteroatoms. The fourth-order valence-corrected chi connectivity index (χ4v) is 3.22. The van der Waals surface area contributed by atoms with Gasteiger partial charge in [0.1, 0.15) is 0 Å². The van der Waals surface area contributed by atoms with E-state index < -0.39 is 0 Å². The van der Waals surface area contributed by atoms with E-state index in [4.69, 9.17) is 16.3 Å². The van der Waals surface area contributed by atoms with E-state index in [0.29, 0.717) is 23.2 Å². The molecule has 0 aliphatic carbocycles. The Balaban J connectivity index is 1.71. The van der Waals surface area contributed by atoms with Crippen LogP contribution in [0.4, 0.5) is 5.69 Å². The van der Waals surface area contributed by atoms with Crippen molar-refractivity contribution in [3.05, 3.63) is 38.9 Å². The predicted molar refractivity (Wildman–Crippen MR) is 71.2 cm³/mol. The summed E-state index contributed by atoms with van der Waals surface area (Å²) >= 11 is 6.06. The van der Waals surface area contributed by atoms with E-state index in [1.807, 2.05) is 0 Å². The third-order valence-corrected chi connectivity index (χ3v) is 4.29. The Hall–Kier alpha value is -1.17. The summed E-state index contributed by atoms with van der Waals surface area (Å²) in [4.78, 5) is 10.6. The minimum absolute atomic E-state index is 0.0732. The van der Waals surface area contributed by atoms with Crippen molar-refractivity contribution in [2.75, 3.05) is 0 Å². The molecule has 2 aliphatic heterocycles. The average Bonchev–Trinajstić information content (AvgIpc) is 2.99. The van der Waals surface area contributed by atoms with Gasteiger partial charge in [-0.1, -0.05) is 17.7 Å². The van der Waals surface area contributed by atoms with Gasteiger partial charge in [0.2, 0.25) is 0 Å². The topological polar surface area (TPSA) is 64.4 Å². The number of hydrogen-bond acceptors (Lipinski definition) is 4. The summed E-state index contributed by atoms with van der Waals surface area (Å²) in [6, 6.07) is 5.06. The number of nitro groups is 1. The Morgan fingerprint density at radius 2 is 2.32 bits per heavy atom. The summed E-state index contributed by atoms with van der Waals surface area (Å²) in [5, 5.41) is 14.8. The summed E-state index contributed by atoms with van der Waals surface area (Å²) in [5.74, 6) is 0. The first-order chi connectivity index (χ1) is 9.15. The van der Waals surface area contributed by atoms with Crippen LogP contribution in [0.2, 0.25) is 5.02 Å². The second-order valence-corrected chi connectivity index (χ2v) is 5.50. The zero-order valence-electron chi connectivity index (χ0n) is 10.3. The molecule has 2 heterocycles. The lowest BCUT2D eigenvalue weighted by molar-refractivity contribution is -0.385. The van der Waals surface area contributed by atoms with Crippen molar-refractivity contribution in [2.24, 2.45) is 0 Å². The van der Waals surface area contributed by atoms with Crippen LogP contribution in [0.3, 0.4) is 0 Å². The highest BCUT2D eigenvalue weighted by molar-refractivity contribution is 6.31. The molecule has 2 saturated heterocycles. The van der Waals surface area contributed by atoms with Crippen LogP contribution in [0, 0.1) is 10.1 Å². The Morgan fingerprint density at radius 3 is 2.95 bits per heavy atom. The molecule has 19 heavy (non-hydrogen) atoms. The number of rotatable bonds is 4. The molecular weight excluding hydrogens is 268 g/mol. The molecule has 1 N–H and O–H groups in total. The van der Waals surface area contributed by atoms with E-state index in [-0.39, 0.29) is 22.8 Å². The lowest BCUT2D eigenvalue weighted by Gasteiger charge is -2.20. The minimum atomic E-state index is -0.389. The van der Waals surface area contributed by atoms with Crippen molar-refractivity contribution >= 4 is 17.3 Å². The van der Waals surface area contributed by atoms with E-state index in [2.05, 4.69) is 5.32 Å². The standard InChI is InChI=1S/C13H15ClN2O3/c14-10-2-1-3-12(16(17)18)9(10)7-15-11-6-8-4-5-13(11)19-8/h1-3,8,11,13,15H,4-7H2. The molecule has 5 nitrogen and oxygen atoms in total. The fraction of sp³-hybridized carbons (Fsp3) is 0.538. The summed E-state index contributed by atoms with van der Waals surface area (Å²) in [6.07, 6.45) is 3.82. The summed E-state index contributed by atoms with van der Waals surface area (Å²) in [7, 11) is 0. The number of nitrogens with one attached hydrogen (secondary N) is 1. The minimum Gasteiger partial charge on any atom is -0.373 e. The smallest absolute Gasteiger partial charge is 0.275 e. The van der Waals surface area contributed by atoms with Crippen LogP contribution in [-0.2, 0) is 11.3 Å². The average molecular weight is 283 g/mol. The second kappa shape index (κ2) is 5.07. The molecule has 3 unspecified atom stereocenters. The number of nitro benzene ring substituents is 1. The Labute approximate surface area is 116 Å². The van der Waals surface area contributed by atoms with Gasteiger partial charge >= 0.3 is 0 Å². The summed E-state index contributed by atoms with van der Waals surface area (Å²) in [5.41, 5.74) is 0.626. The number of hydrogen-bond donors (Lipinski definition) is 1. The number of benzene rings is 1. The van der Waals surface area contributed by atoms with Crippen molar-refractivity contribution in [3.8, 4) is 0 Å². The van der Waals surface area contributed by atoms with E-state index in [9.17, 15) is 10.1 Å². The molecule has 2 bridgehead atoms. The molecule has 0 aromatic heterocycles. The maximum absolute atomic E-state index is 11.0. The second-order valence-electron chi connectivity index (χ2n) is 5.09. The van der Waals surface area contributed by atoms with E-state index in [1.165, 1.54) is 6.07 Å². The van der Waals surface area contributed by atoms with Gasteiger partial charge in [-0.25, -0.2) is 0 Å². The van der Waals surface area contributed by atoms with Gasteiger partial charge in [-0.15, -0.1) is 0 Å². The third-order valence-electron chi connectivity index (χ3n) is 3.94. The van der Waals surface area contributed by atoms with E-state index in [0.717, 1.165) is 19.3 Å². The Kier molecular flexibility index (Phi) is 3.43. The zero-order chi connectivity index (χ0) is 13.4. The first-order valence-electron chi connectivity index (χ1n) is 6.46. The first-order valence-corrected chi connectivity index (χ1v) is 6.83. The van der Waals surface area contributed by atoms with Gasteiger partial charge < -0.3 is 10.1 Å². The SMILES string of the molecule is O=[N+]([O-])c1cccc(Cl)c1CNC1CC2CCC1O2. The van der Waals surface area contributed by atoms with Gasteiger partial charge in [0, 0.05) is 18.7 Å². The van der Waals surface area contributed by atoms with Crippen LogP contribution in [0.5, 0.6) is 0 Å². The largest absolute Gasteiger partial charge is 0.373 e. The quantitative estimate of drug-likeness (QED) is 0.681. The van der Waals surface area contributed by atoms with E-state index >= 15 is 0 Å². The van der Waals surface area contributed by atoms with Crippen LogP contribution >= 0.6 is 11.6 Å². The van der Waals surface area contributed by atoms with Crippen molar-refractivity contribution in [2.45, 2.75) is 44.1 Å². The van der Waals surface area contributed by atoms with Crippen LogP contribution in [0.15, 0.2) is 18.2 Å². The maximum atomic E-state index is 11.0. The Morgan fingerprint density at radius 1 is 1.47 bits per heavy atom. The number of halogens is 1. The summed E-state index contributed by atoms with van der Waals surface area (Å²) in [6.45, 7) is 0.410. The molecule has 3 atom stereocenters. The highest BCUT2D eigenvalue weighted by Crippen LogP contribution is 2.35. The monoisotopic (exact) mass is 282 g/mol. The number of fused-ring (bicyclic) bond motifs is 2. The Bertz CT molecular complexity index is 509. The van der Waals surface area contributed by atoms with Gasteiger partial charge in [0.05, 0.1) is 27.7 Å². The van der Waals surface area contributed by atoms with Gasteiger partial charge in [-0.3, -0.25) is 10.1 Å². The van der Waals surface area contributed by atoms with Gasteiger partial charge in [-0.2, -0.15) is 0 Å². The van der Waals surface area contributed by atoms with Gasteiger partial charge in [0.15, 0.2) is 0 Å². The predicted octanol–water partition coefficient (Wildman–Crippen LogP) is 2.66. The molecule has 0 radical (unpaired) electrons. The lowest BCUT2D eigenvalue weighted by atomic mass is 9.95. The molecule has 1 aromatic carbocycles. The first kappa shape index (κ1) is 12.8. The maximum Gasteiger partial charge on any atom is 0.275 e. The molecule has 0 spiro atoms. The number of nitrogens with zero attached hydrogens (tertiary/aromatic N) is 1. The summed E-state index contributed by atoms with van der Waals surface area (Å²) < 4.78 is 5.75. The van der Waals surface area contributed by atoms with Crippen LogP contribution in [-0.4, -0.2) is 23.2 Å². The van der Waals surface area contributed by atoms with Crippen molar-refractivity contribution in [3.63, 3.8) is 0 Å². The highest BCUT2D eigenvalue weighted by Gasteiger charge is 2.40. The van der Waals surface area contributed by atoms with E-state index in [1.54, 1.807) is 12.1 Å². The molecule has 1 aromatic rings. The third kappa shape index (κ3) is 2.45. The molecule has 102 valence electrons. The van der Waals surface area contributed by atoms with Crippen LogP contribution in [0.25, 0.3) is 0 Å². The lowest BCUT2D eigenvalue weighted by Crippen LogP contribution is -2.37.